The van der Waals surface area contributed by atoms with Crippen molar-refractivity contribution < 1.29 is 18.6 Å². The van der Waals surface area contributed by atoms with E-state index >= 15 is 4.39 Å². The average molecular weight is 900 g/mol. The number of carbonyl (C=O) groups excluding carboxylic acids is 2. The molecule has 342 valence electrons. The zero-order chi connectivity index (χ0) is 47.4. The molecule has 0 saturated heterocycles. The molecule has 0 atom stereocenters. The van der Waals surface area contributed by atoms with Crippen LogP contribution in [0.4, 0.5) is 10.1 Å². The molecule has 66 heavy (non-hydrogen) atoms. The largest absolute Gasteiger partial charge is 0.378 e. The van der Waals surface area contributed by atoms with Gasteiger partial charge < -0.3 is 15.5 Å². The molecule has 0 fully saturated rings. The summed E-state index contributed by atoms with van der Waals surface area (Å²) in [5, 5.41) is 14.1. The summed E-state index contributed by atoms with van der Waals surface area (Å²) >= 11 is 0. The topological polar surface area (TPSA) is 64.5 Å². The number of nitrogens with one attached hydrogen (secondary N) is 2. The fraction of sp³-hybridized carbons (Fsp3) is 0.328. The van der Waals surface area contributed by atoms with Crippen LogP contribution in [-0.4, -0.2) is 71.3 Å². The molecule has 0 bridgehead atoms. The second kappa shape index (κ2) is 20.3. The Bertz CT molecular complexity index is 2910. The predicted octanol–water partition coefficient (Wildman–Crippen LogP) is 11.5. The third-order valence-electron chi connectivity index (χ3n) is 13.7. The summed E-state index contributed by atoms with van der Waals surface area (Å²) < 4.78 is 19.0. The fourth-order valence-electron chi connectivity index (χ4n) is 9.71. The van der Waals surface area contributed by atoms with E-state index in [9.17, 15) is 9.59 Å². The lowest BCUT2D eigenvalue weighted by atomic mass is 9.84. The van der Waals surface area contributed by atoms with Crippen molar-refractivity contribution in [1.29, 1.82) is 0 Å². The Morgan fingerprint density at radius 2 is 1.47 bits per heavy atom. The maximum atomic E-state index is 16.8. The van der Waals surface area contributed by atoms with Gasteiger partial charge in [0, 0.05) is 57.0 Å². The second-order valence-electron chi connectivity index (χ2n) is 19.3. The van der Waals surface area contributed by atoms with Crippen LogP contribution in [0.15, 0.2) is 126 Å². The van der Waals surface area contributed by atoms with Crippen LogP contribution in [0.2, 0.25) is 13.1 Å². The van der Waals surface area contributed by atoms with Gasteiger partial charge in [0.1, 0.15) is 28.0 Å². The number of halogens is 1. The Balaban J connectivity index is 1.34. The van der Waals surface area contributed by atoms with Gasteiger partial charge in [-0.25, -0.2) is 8.97 Å². The summed E-state index contributed by atoms with van der Waals surface area (Å²) in [7, 11) is 6.16. The van der Waals surface area contributed by atoms with Gasteiger partial charge in [0.05, 0.1) is 0 Å². The zero-order valence-electron chi connectivity index (χ0n) is 40.7. The molecule has 0 radical (unpaired) electrons. The number of nitrogens with zero attached hydrogens (tertiary/aromatic N) is 2. The van der Waals surface area contributed by atoms with Crippen molar-refractivity contribution in [2.24, 2.45) is 0 Å². The van der Waals surface area contributed by atoms with Crippen LogP contribution in [0, 0.1) is 12.7 Å². The number of anilines is 1. The van der Waals surface area contributed by atoms with E-state index in [-0.39, 0.29) is 17.5 Å². The van der Waals surface area contributed by atoms with Crippen molar-refractivity contribution in [2.75, 3.05) is 46.2 Å². The average Bonchev–Trinajstić information content (AvgIpc) is 3.29. The van der Waals surface area contributed by atoms with Crippen molar-refractivity contribution in [2.45, 2.75) is 85.4 Å². The number of allylic oxidation sites excluding steroid dienone is 6. The number of rotatable bonds is 18. The molecule has 0 unspecified atom stereocenters. The van der Waals surface area contributed by atoms with E-state index in [1.807, 2.05) is 6.92 Å². The molecule has 1 aliphatic heterocycles. The molecule has 0 aromatic heterocycles. The van der Waals surface area contributed by atoms with Crippen LogP contribution in [0.1, 0.15) is 80.2 Å². The van der Waals surface area contributed by atoms with Crippen LogP contribution in [0.25, 0.3) is 38.2 Å². The molecule has 5 aromatic carbocycles. The molecule has 0 saturated carbocycles. The lowest BCUT2D eigenvalue weighted by Crippen LogP contribution is -2.49. The summed E-state index contributed by atoms with van der Waals surface area (Å²) in [4.78, 5) is 26.5. The molecule has 1 heterocycles. The standard InChI is InChI=1S/C58H67FN4O2Si/c1-37(2)54(64)22-15-13-12-14-19-45-44-20-16-17-21-46(44)52(36-60-29-18-30-61-58(65)38(3)4)47-26-23-40(31-51(45)47)41-32-50(39(5)53(59)33-41)57-48-27-24-42(62(6)7)34-55(48)66(10,11)56-35-43(63(8)9)25-28-49(56)57/h16-17,20-21,23-28,31-35,60H,1,3,12-15,18-19,22,29-30,36H2,2,4-11H3/p+1. The van der Waals surface area contributed by atoms with Crippen LogP contribution < -0.4 is 20.7 Å². The summed E-state index contributed by atoms with van der Waals surface area (Å²) in [6.45, 7) is 19.9. The Morgan fingerprint density at radius 3 is 2.17 bits per heavy atom. The van der Waals surface area contributed by atoms with Crippen LogP contribution in [0.3, 0.4) is 0 Å². The molecule has 5 aromatic rings. The van der Waals surface area contributed by atoms with E-state index in [4.69, 9.17) is 0 Å². The number of Topliss-reactive ketones (excluding diaryl/α,β-unsaturated/α-hetero) is 1. The van der Waals surface area contributed by atoms with Gasteiger partial charge in [0.25, 0.3) is 0 Å². The van der Waals surface area contributed by atoms with E-state index in [0.29, 0.717) is 36.2 Å². The van der Waals surface area contributed by atoms with Gasteiger partial charge in [-0.15, -0.1) is 0 Å². The van der Waals surface area contributed by atoms with Gasteiger partial charge in [-0.3, -0.25) is 9.59 Å². The Hall–Kier alpha value is -5.96. The third-order valence-corrected chi connectivity index (χ3v) is 17.2. The van der Waals surface area contributed by atoms with Crippen molar-refractivity contribution in [3.63, 3.8) is 0 Å². The summed E-state index contributed by atoms with van der Waals surface area (Å²) in [5.74, 6) is -0.189. The Morgan fingerprint density at radius 1 is 0.758 bits per heavy atom. The fourth-order valence-corrected chi connectivity index (χ4v) is 12.8. The molecule has 2 N–H and O–H groups in total. The van der Waals surface area contributed by atoms with Gasteiger partial charge in [-0.1, -0.05) is 81.6 Å². The molecule has 0 spiro atoms. The molecule has 1 aliphatic carbocycles. The molecule has 6 nitrogen and oxygen atoms in total. The first-order valence-corrected chi connectivity index (χ1v) is 26.6. The lowest BCUT2D eigenvalue weighted by Gasteiger charge is -2.38. The normalized spacial score (nSPS) is 14.0. The van der Waals surface area contributed by atoms with Crippen LogP contribution in [-0.2, 0) is 22.6 Å². The van der Waals surface area contributed by atoms with E-state index in [1.165, 1.54) is 54.2 Å². The van der Waals surface area contributed by atoms with E-state index in [1.54, 1.807) is 19.9 Å². The quantitative estimate of drug-likeness (QED) is 0.0302. The maximum absolute atomic E-state index is 16.8. The van der Waals surface area contributed by atoms with Gasteiger partial charge in [0.15, 0.2) is 11.5 Å². The molecule has 8 heteroatoms. The number of amides is 1. The minimum absolute atomic E-state index is 0.117. The monoisotopic (exact) mass is 900 g/mol. The minimum Gasteiger partial charge on any atom is -0.378 e. The maximum Gasteiger partial charge on any atom is 0.246 e. The first-order valence-electron chi connectivity index (χ1n) is 23.6. The number of hydrogen-bond donors (Lipinski definition) is 2. The molecular formula is C58H68FN4O2Si+. The predicted molar refractivity (Wildman–Crippen MR) is 281 cm³/mol. The number of benzene rings is 5. The highest BCUT2D eigenvalue weighted by Gasteiger charge is 2.41. The van der Waals surface area contributed by atoms with E-state index < -0.39 is 8.07 Å². The molecular weight excluding hydrogens is 832 g/mol. The Kier molecular flexibility index (Phi) is 14.7. The zero-order valence-corrected chi connectivity index (χ0v) is 41.7. The van der Waals surface area contributed by atoms with Crippen molar-refractivity contribution >= 4 is 63.5 Å². The third kappa shape index (κ3) is 9.91. The smallest absolute Gasteiger partial charge is 0.246 e. The van der Waals surface area contributed by atoms with Crippen molar-refractivity contribution in [1.82, 2.24) is 10.6 Å². The van der Waals surface area contributed by atoms with Crippen LogP contribution >= 0.6 is 0 Å². The highest BCUT2D eigenvalue weighted by molar-refractivity contribution is 6.98. The molecule has 2 aliphatic rings. The highest BCUT2D eigenvalue weighted by atomic mass is 28.3. The van der Waals surface area contributed by atoms with E-state index in [0.717, 1.165) is 78.7 Å². The van der Waals surface area contributed by atoms with Gasteiger partial charge in [-0.2, -0.15) is 0 Å². The van der Waals surface area contributed by atoms with Crippen molar-refractivity contribution in [3.05, 3.63) is 160 Å². The Labute approximate surface area is 393 Å². The highest BCUT2D eigenvalue weighted by Crippen LogP contribution is 2.44. The number of unbranched alkanes of at least 4 members (excludes halogenated alkanes) is 3. The number of carbonyl (C=O) groups is 2. The first-order chi connectivity index (χ1) is 31.5. The number of fused-ring (bicyclic) bond motifs is 4. The van der Waals surface area contributed by atoms with E-state index in [2.05, 4.69) is 160 Å². The number of hydrogen-bond acceptors (Lipinski definition) is 4. The van der Waals surface area contributed by atoms with Gasteiger partial charge in [0.2, 0.25) is 5.91 Å². The summed E-state index contributed by atoms with van der Waals surface area (Å²) in [6, 6.07) is 26.2. The summed E-state index contributed by atoms with van der Waals surface area (Å²) in [6.07, 6.45) is 12.9. The number of ketones is 1. The second-order valence-corrected chi connectivity index (χ2v) is 23.7. The van der Waals surface area contributed by atoms with Gasteiger partial charge in [-0.05, 0) is 177 Å². The summed E-state index contributed by atoms with van der Waals surface area (Å²) in [5.41, 5.74) is 12.8. The number of aryl methyl sites for hydroxylation is 1. The van der Waals surface area contributed by atoms with Crippen LogP contribution in [0.5, 0.6) is 0 Å². The molecule has 7 rings (SSSR count). The lowest BCUT2D eigenvalue weighted by molar-refractivity contribution is -0.462. The SMILES string of the molecule is C=C(C)C(=O)CCCCCCc1c2ccccc2c(CNCCCNC(=O)C(=C)C)c2ccc(-c3cc(F)c(C)c(C4=C5C=CC(=[N+](C)C)C=C5[Si](C)(C)c5cc(N(C)C)ccc54)c3)cc12. The minimum atomic E-state index is -2.20. The van der Waals surface area contributed by atoms with Gasteiger partial charge >= 0.3 is 0 Å². The first kappa shape index (κ1) is 48.0. The molecule has 1 amide bonds. The van der Waals surface area contributed by atoms with Crippen molar-refractivity contribution in [3.8, 4) is 11.1 Å².